The monoisotopic (exact) mass is 246 g/mol. The van der Waals surface area contributed by atoms with Crippen molar-refractivity contribution in [2.24, 2.45) is 5.92 Å². The first-order valence-electron chi connectivity index (χ1n) is 4.16. The molecular weight excluding hydrogens is 233 g/mol. The highest BCUT2D eigenvalue weighted by atomic mass is 31.2. The molecular formula is C7H13F2O5P. The first-order valence-corrected chi connectivity index (χ1v) is 5.81. The van der Waals surface area contributed by atoms with Crippen LogP contribution >= 0.6 is 7.60 Å². The molecule has 90 valence electrons. The summed E-state index contributed by atoms with van der Waals surface area (Å²) < 4.78 is 43.0. The fourth-order valence-corrected chi connectivity index (χ4v) is 1.14. The second-order valence-corrected chi connectivity index (χ2v) is 4.84. The topological polar surface area (TPSA) is 72.8 Å². The number of ether oxygens (including phenoxy) is 1. The number of rotatable bonds is 5. The molecule has 0 aromatic carbocycles. The maximum atomic E-state index is 11.9. The van der Waals surface area contributed by atoms with Gasteiger partial charge in [0.15, 0.2) is 0 Å². The Morgan fingerprint density at radius 1 is 1.33 bits per heavy atom. The van der Waals surface area contributed by atoms with Crippen molar-refractivity contribution < 1.29 is 32.3 Å². The average Bonchev–Trinajstić information content (AvgIpc) is 2.01. The van der Waals surface area contributed by atoms with E-state index in [4.69, 9.17) is 4.89 Å². The van der Waals surface area contributed by atoms with Crippen molar-refractivity contribution in [1.29, 1.82) is 0 Å². The molecule has 0 aliphatic rings. The van der Waals surface area contributed by atoms with Gasteiger partial charge in [0.2, 0.25) is 6.29 Å². The molecule has 0 radical (unpaired) electrons. The molecule has 5 nitrogen and oxygen atoms in total. The number of alkyl halides is 2. The number of hydrogen-bond donors (Lipinski definition) is 1. The molecule has 0 amide bonds. The summed E-state index contributed by atoms with van der Waals surface area (Å²) in [4.78, 5) is 19.6. The molecule has 0 heterocycles. The molecule has 0 saturated carbocycles. The first kappa shape index (κ1) is 14.5. The second-order valence-electron chi connectivity index (χ2n) is 3.11. The van der Waals surface area contributed by atoms with Crippen LogP contribution in [0.4, 0.5) is 8.78 Å². The molecule has 2 atom stereocenters. The Labute approximate surface area is 85.9 Å². The van der Waals surface area contributed by atoms with E-state index in [9.17, 15) is 18.1 Å². The van der Waals surface area contributed by atoms with Crippen molar-refractivity contribution in [3.05, 3.63) is 0 Å². The molecule has 0 aliphatic carbocycles. The van der Waals surface area contributed by atoms with Crippen LogP contribution in [0.15, 0.2) is 0 Å². The van der Waals surface area contributed by atoms with Gasteiger partial charge in [-0.05, 0) is 6.92 Å². The summed E-state index contributed by atoms with van der Waals surface area (Å²) in [5.41, 5.74) is 0. The molecule has 1 N–H and O–H groups in total. The van der Waals surface area contributed by atoms with Crippen LogP contribution < -0.4 is 0 Å². The van der Waals surface area contributed by atoms with Crippen molar-refractivity contribution in [2.45, 2.75) is 33.2 Å². The smallest absolute Gasteiger partial charge is 0.397 e. The van der Waals surface area contributed by atoms with Gasteiger partial charge in [0, 0.05) is 0 Å². The van der Waals surface area contributed by atoms with Crippen LogP contribution in [-0.4, -0.2) is 23.3 Å². The summed E-state index contributed by atoms with van der Waals surface area (Å²) in [6, 6.07) is 0. The number of halogens is 2. The quantitative estimate of drug-likeness (QED) is 0.456. The lowest BCUT2D eigenvalue weighted by atomic mass is 10.2. The predicted molar refractivity (Wildman–Crippen MR) is 47.3 cm³/mol. The number of carbonyl (C=O) groups is 1. The van der Waals surface area contributed by atoms with Gasteiger partial charge in [0.25, 0.3) is 0 Å². The molecule has 0 bridgehead atoms. The summed E-state index contributed by atoms with van der Waals surface area (Å²) in [5, 5.41) is 0. The van der Waals surface area contributed by atoms with E-state index in [-0.39, 0.29) is 0 Å². The number of esters is 1. The molecule has 8 heteroatoms. The highest BCUT2D eigenvalue weighted by molar-refractivity contribution is 7.53. The Hall–Kier alpha value is -0.520. The van der Waals surface area contributed by atoms with Gasteiger partial charge in [-0.1, -0.05) is 13.8 Å². The molecule has 0 aromatic rings. The van der Waals surface area contributed by atoms with Crippen LogP contribution in [0.3, 0.4) is 0 Å². The number of hydrogen-bond acceptors (Lipinski definition) is 4. The van der Waals surface area contributed by atoms with Gasteiger partial charge in [-0.25, -0.2) is 0 Å². The van der Waals surface area contributed by atoms with Crippen molar-refractivity contribution in [1.82, 2.24) is 0 Å². The molecule has 0 aromatic heterocycles. The Morgan fingerprint density at radius 2 is 1.80 bits per heavy atom. The SMILES string of the molecule is CC(OC(=O)C(C)C)OP(=O)(O)C(F)F. The molecule has 0 saturated heterocycles. The fourth-order valence-electron chi connectivity index (χ4n) is 0.580. The van der Waals surface area contributed by atoms with Crippen molar-refractivity contribution in [2.75, 3.05) is 0 Å². The van der Waals surface area contributed by atoms with Gasteiger partial charge in [-0.15, -0.1) is 0 Å². The van der Waals surface area contributed by atoms with Crippen LogP contribution in [-0.2, 0) is 18.6 Å². The highest BCUT2D eigenvalue weighted by Gasteiger charge is 2.35. The zero-order valence-corrected chi connectivity index (χ0v) is 9.41. The van der Waals surface area contributed by atoms with E-state index in [1.807, 2.05) is 0 Å². The lowest BCUT2D eigenvalue weighted by molar-refractivity contribution is -0.166. The van der Waals surface area contributed by atoms with Crippen LogP contribution in [0.25, 0.3) is 0 Å². The van der Waals surface area contributed by atoms with Gasteiger partial charge in [0.1, 0.15) is 0 Å². The lowest BCUT2D eigenvalue weighted by Crippen LogP contribution is -2.21. The third kappa shape index (κ3) is 5.20. The average molecular weight is 246 g/mol. The minimum absolute atomic E-state index is 0.472. The molecule has 0 spiro atoms. The summed E-state index contributed by atoms with van der Waals surface area (Å²) in [5.74, 6) is -1.17. The normalized spacial score (nSPS) is 17.6. The largest absolute Gasteiger partial charge is 0.435 e. The van der Waals surface area contributed by atoms with Crippen LogP contribution in [0, 0.1) is 5.92 Å². The highest BCUT2D eigenvalue weighted by Crippen LogP contribution is 2.50. The Morgan fingerprint density at radius 3 is 2.13 bits per heavy atom. The molecule has 15 heavy (non-hydrogen) atoms. The lowest BCUT2D eigenvalue weighted by Gasteiger charge is -2.18. The predicted octanol–water partition coefficient (Wildman–Crippen LogP) is 1.96. The third-order valence-electron chi connectivity index (χ3n) is 1.30. The Bertz CT molecular complexity index is 268. The minimum Gasteiger partial charge on any atom is -0.435 e. The molecule has 2 unspecified atom stereocenters. The Balaban J connectivity index is 4.21. The van der Waals surface area contributed by atoms with Crippen LogP contribution in [0.1, 0.15) is 20.8 Å². The maximum absolute atomic E-state index is 11.9. The van der Waals surface area contributed by atoms with E-state index >= 15 is 0 Å². The van der Waals surface area contributed by atoms with E-state index in [1.165, 1.54) is 13.8 Å². The van der Waals surface area contributed by atoms with Gasteiger partial charge < -0.3 is 9.63 Å². The van der Waals surface area contributed by atoms with Crippen LogP contribution in [0.2, 0.25) is 0 Å². The van der Waals surface area contributed by atoms with E-state index in [0.717, 1.165) is 6.92 Å². The summed E-state index contributed by atoms with van der Waals surface area (Å²) in [6.07, 6.45) is -5.00. The fraction of sp³-hybridized carbons (Fsp3) is 0.857. The molecule has 0 aliphatic heterocycles. The third-order valence-corrected chi connectivity index (χ3v) is 2.39. The zero-order chi connectivity index (χ0) is 12.2. The van der Waals surface area contributed by atoms with E-state index < -0.39 is 31.9 Å². The zero-order valence-electron chi connectivity index (χ0n) is 8.52. The first-order chi connectivity index (χ1) is 6.66. The summed E-state index contributed by atoms with van der Waals surface area (Å²) in [7, 11) is -5.02. The van der Waals surface area contributed by atoms with Crippen molar-refractivity contribution in [3.63, 3.8) is 0 Å². The standard InChI is InChI=1S/C7H13F2O5P/c1-4(2)6(10)13-5(3)14-15(11,12)7(8)9/h4-5,7H,1-3H3,(H,11,12). The van der Waals surface area contributed by atoms with E-state index in [2.05, 4.69) is 9.26 Å². The van der Waals surface area contributed by atoms with Gasteiger partial charge >= 0.3 is 19.7 Å². The summed E-state index contributed by atoms with van der Waals surface area (Å²) >= 11 is 0. The number of carbonyl (C=O) groups excluding carboxylic acids is 1. The van der Waals surface area contributed by atoms with Crippen LogP contribution in [0.5, 0.6) is 0 Å². The van der Waals surface area contributed by atoms with E-state index in [1.54, 1.807) is 0 Å². The minimum atomic E-state index is -5.02. The van der Waals surface area contributed by atoms with Gasteiger partial charge in [0.05, 0.1) is 5.92 Å². The van der Waals surface area contributed by atoms with Gasteiger partial charge in [-0.3, -0.25) is 13.9 Å². The Kier molecular flexibility index (Phi) is 5.34. The molecule has 0 fully saturated rings. The van der Waals surface area contributed by atoms with Crippen molar-refractivity contribution in [3.8, 4) is 0 Å². The maximum Gasteiger partial charge on any atom is 0.397 e. The summed E-state index contributed by atoms with van der Waals surface area (Å²) in [6.45, 7) is 4.15. The molecule has 0 rings (SSSR count). The second kappa shape index (κ2) is 5.53. The van der Waals surface area contributed by atoms with Crippen molar-refractivity contribution >= 4 is 13.6 Å². The van der Waals surface area contributed by atoms with Gasteiger partial charge in [-0.2, -0.15) is 8.78 Å². The van der Waals surface area contributed by atoms with E-state index in [0.29, 0.717) is 0 Å².